The van der Waals surface area contributed by atoms with E-state index in [9.17, 15) is 4.21 Å². The fraction of sp³-hybridized carbons (Fsp3) is 0.833. The van der Waals surface area contributed by atoms with Gasteiger partial charge in [-0.1, -0.05) is 12.1 Å². The lowest BCUT2D eigenvalue weighted by molar-refractivity contribution is 0.247. The maximum atomic E-state index is 11.8. The van der Waals surface area contributed by atoms with Gasteiger partial charge in [-0.3, -0.25) is 9.11 Å². The number of nitrogens with zero attached hydrogens (tertiary/aromatic N) is 3. The third kappa shape index (κ3) is 3.17. The van der Waals surface area contributed by atoms with Crippen molar-refractivity contribution in [2.75, 3.05) is 13.1 Å². The Balaban J connectivity index is 1.94. The van der Waals surface area contributed by atoms with Gasteiger partial charge in [-0.25, -0.2) is 0 Å². The molecule has 0 spiro atoms. The highest BCUT2D eigenvalue weighted by molar-refractivity contribution is 7.86. The SMILES string of the molecule is CCCc1nc(CN2CC(C)S(=O)C(C)C2)no1. The molecule has 2 atom stereocenters. The van der Waals surface area contributed by atoms with E-state index in [0.29, 0.717) is 12.4 Å². The van der Waals surface area contributed by atoms with Crippen LogP contribution in [0.1, 0.15) is 38.9 Å². The van der Waals surface area contributed by atoms with Crippen molar-refractivity contribution >= 4 is 10.8 Å². The van der Waals surface area contributed by atoms with Crippen LogP contribution in [0.25, 0.3) is 0 Å². The second kappa shape index (κ2) is 5.93. The molecule has 1 aliphatic heterocycles. The van der Waals surface area contributed by atoms with Gasteiger partial charge in [-0.15, -0.1) is 0 Å². The lowest BCUT2D eigenvalue weighted by atomic mass is 10.3. The van der Waals surface area contributed by atoms with Crippen LogP contribution in [0.15, 0.2) is 4.52 Å². The van der Waals surface area contributed by atoms with Crippen molar-refractivity contribution in [3.63, 3.8) is 0 Å². The first-order valence-corrected chi connectivity index (χ1v) is 7.81. The lowest BCUT2D eigenvalue weighted by Gasteiger charge is -2.33. The zero-order valence-electron chi connectivity index (χ0n) is 11.3. The first kappa shape index (κ1) is 13.7. The van der Waals surface area contributed by atoms with Crippen molar-refractivity contribution in [3.05, 3.63) is 11.7 Å². The van der Waals surface area contributed by atoms with E-state index in [4.69, 9.17) is 4.52 Å². The fourth-order valence-corrected chi connectivity index (χ4v) is 3.85. The Morgan fingerprint density at radius 3 is 2.67 bits per heavy atom. The predicted octanol–water partition coefficient (Wildman–Crippen LogP) is 1.36. The zero-order chi connectivity index (χ0) is 13.1. The monoisotopic (exact) mass is 271 g/mol. The third-order valence-corrected chi connectivity index (χ3v) is 5.05. The van der Waals surface area contributed by atoms with Gasteiger partial charge in [0.05, 0.1) is 6.54 Å². The molecule has 0 saturated carbocycles. The van der Waals surface area contributed by atoms with Crippen LogP contribution in [-0.2, 0) is 23.8 Å². The first-order valence-electron chi connectivity index (χ1n) is 6.53. The molecule has 0 amide bonds. The number of hydrogen-bond donors (Lipinski definition) is 0. The Bertz CT molecular complexity index is 407. The van der Waals surface area contributed by atoms with Gasteiger partial charge >= 0.3 is 0 Å². The summed E-state index contributed by atoms with van der Waals surface area (Å²) in [5.74, 6) is 1.46. The second-order valence-corrected chi connectivity index (χ2v) is 7.26. The Morgan fingerprint density at radius 2 is 2.06 bits per heavy atom. The van der Waals surface area contributed by atoms with Crippen molar-refractivity contribution in [3.8, 4) is 0 Å². The normalized spacial score (nSPS) is 29.6. The van der Waals surface area contributed by atoms with E-state index in [-0.39, 0.29) is 10.5 Å². The van der Waals surface area contributed by atoms with Gasteiger partial charge < -0.3 is 4.52 Å². The summed E-state index contributed by atoms with van der Waals surface area (Å²) in [5, 5.41) is 4.43. The standard InChI is InChI=1S/C12H21N3O2S/c1-4-5-12-13-11(14-17-12)8-15-6-9(2)18(16)10(3)7-15/h9-10H,4-8H2,1-3H3. The summed E-state index contributed by atoms with van der Waals surface area (Å²) in [5.41, 5.74) is 0. The van der Waals surface area contributed by atoms with E-state index in [1.165, 1.54) is 0 Å². The van der Waals surface area contributed by atoms with Gasteiger partial charge in [0.2, 0.25) is 5.89 Å². The molecule has 1 aromatic heterocycles. The Kier molecular flexibility index (Phi) is 4.50. The summed E-state index contributed by atoms with van der Waals surface area (Å²) in [6.07, 6.45) is 1.85. The number of aromatic nitrogens is 2. The Morgan fingerprint density at radius 1 is 1.39 bits per heavy atom. The van der Waals surface area contributed by atoms with Crippen LogP contribution in [0.4, 0.5) is 0 Å². The molecule has 1 aromatic rings. The van der Waals surface area contributed by atoms with Crippen molar-refractivity contribution in [2.45, 2.75) is 50.7 Å². The summed E-state index contributed by atoms with van der Waals surface area (Å²) in [6.45, 7) is 8.55. The summed E-state index contributed by atoms with van der Waals surface area (Å²) in [4.78, 5) is 6.63. The molecule has 0 aliphatic carbocycles. The van der Waals surface area contributed by atoms with Crippen molar-refractivity contribution in [1.82, 2.24) is 15.0 Å². The third-order valence-electron chi connectivity index (χ3n) is 3.16. The molecular weight excluding hydrogens is 250 g/mol. The molecular formula is C12H21N3O2S. The summed E-state index contributed by atoms with van der Waals surface area (Å²) in [7, 11) is -0.712. The van der Waals surface area contributed by atoms with E-state index >= 15 is 0 Å². The van der Waals surface area contributed by atoms with E-state index < -0.39 is 10.8 Å². The van der Waals surface area contributed by atoms with Crippen LogP contribution in [0, 0.1) is 0 Å². The van der Waals surface area contributed by atoms with Crippen LogP contribution < -0.4 is 0 Å². The molecule has 2 unspecified atom stereocenters. The molecule has 1 fully saturated rings. The van der Waals surface area contributed by atoms with Gasteiger partial charge in [0.1, 0.15) is 0 Å². The Hall–Kier alpha value is -0.750. The van der Waals surface area contributed by atoms with Crippen molar-refractivity contribution < 1.29 is 8.73 Å². The van der Waals surface area contributed by atoms with Crippen LogP contribution in [0.2, 0.25) is 0 Å². The van der Waals surface area contributed by atoms with Gasteiger partial charge in [0.25, 0.3) is 0 Å². The largest absolute Gasteiger partial charge is 0.339 e. The molecule has 0 radical (unpaired) electrons. The summed E-state index contributed by atoms with van der Waals surface area (Å²) >= 11 is 0. The molecule has 102 valence electrons. The van der Waals surface area contributed by atoms with Crippen molar-refractivity contribution in [1.29, 1.82) is 0 Å². The molecule has 18 heavy (non-hydrogen) atoms. The maximum absolute atomic E-state index is 11.8. The van der Waals surface area contributed by atoms with Crippen LogP contribution >= 0.6 is 0 Å². The minimum absolute atomic E-state index is 0.218. The minimum Gasteiger partial charge on any atom is -0.339 e. The molecule has 0 bridgehead atoms. The molecule has 1 aliphatic rings. The predicted molar refractivity (Wildman–Crippen MR) is 70.6 cm³/mol. The second-order valence-electron chi connectivity index (χ2n) is 5.00. The molecule has 1 saturated heterocycles. The van der Waals surface area contributed by atoms with E-state index in [2.05, 4.69) is 22.0 Å². The topological polar surface area (TPSA) is 59.2 Å². The summed E-state index contributed by atoms with van der Waals surface area (Å²) in [6, 6.07) is 0. The van der Waals surface area contributed by atoms with Gasteiger partial charge in [0, 0.05) is 40.8 Å². The van der Waals surface area contributed by atoms with Crippen LogP contribution in [-0.4, -0.2) is 42.8 Å². The minimum atomic E-state index is -0.712. The molecule has 0 aromatic carbocycles. The fourth-order valence-electron chi connectivity index (χ4n) is 2.34. The lowest BCUT2D eigenvalue weighted by Crippen LogP contribution is -2.46. The molecule has 2 heterocycles. The van der Waals surface area contributed by atoms with Gasteiger partial charge in [0.15, 0.2) is 5.82 Å². The first-order chi connectivity index (χ1) is 8.60. The smallest absolute Gasteiger partial charge is 0.226 e. The van der Waals surface area contributed by atoms with Crippen LogP contribution in [0.5, 0.6) is 0 Å². The van der Waals surface area contributed by atoms with Gasteiger partial charge in [-0.05, 0) is 20.3 Å². The maximum Gasteiger partial charge on any atom is 0.226 e. The number of aryl methyl sites for hydroxylation is 1. The highest BCUT2D eigenvalue weighted by atomic mass is 32.2. The highest BCUT2D eigenvalue weighted by Crippen LogP contribution is 2.16. The summed E-state index contributed by atoms with van der Waals surface area (Å²) < 4.78 is 17.0. The molecule has 2 rings (SSSR count). The number of hydrogen-bond acceptors (Lipinski definition) is 5. The average molecular weight is 271 g/mol. The van der Waals surface area contributed by atoms with Crippen molar-refractivity contribution in [2.24, 2.45) is 0 Å². The van der Waals surface area contributed by atoms with Crippen LogP contribution in [0.3, 0.4) is 0 Å². The quantitative estimate of drug-likeness (QED) is 0.827. The Labute approximate surface area is 110 Å². The molecule has 5 nitrogen and oxygen atoms in total. The number of rotatable bonds is 4. The van der Waals surface area contributed by atoms with E-state index in [1.54, 1.807) is 0 Å². The molecule has 6 heteroatoms. The highest BCUT2D eigenvalue weighted by Gasteiger charge is 2.29. The average Bonchev–Trinajstić information content (AvgIpc) is 2.74. The molecule has 0 N–H and O–H groups in total. The van der Waals surface area contributed by atoms with E-state index in [0.717, 1.165) is 31.8 Å². The zero-order valence-corrected chi connectivity index (χ0v) is 12.1. The van der Waals surface area contributed by atoms with Gasteiger partial charge in [-0.2, -0.15) is 4.98 Å². The van der Waals surface area contributed by atoms with E-state index in [1.807, 2.05) is 13.8 Å².